The summed E-state index contributed by atoms with van der Waals surface area (Å²) in [5, 5.41) is 0. The van der Waals surface area contributed by atoms with Crippen molar-refractivity contribution in [2.24, 2.45) is 0 Å². The van der Waals surface area contributed by atoms with Crippen LogP contribution in [0.5, 0.6) is 0 Å². The SMILES string of the molecule is N.O=c1[nH]c(=O)n([C@H]2C[C@@H]3O[P+](O)(O)OC[C@H]3O2)cc1C(F)(F)F. The third-order valence-electron chi connectivity index (χ3n) is 3.44. The van der Waals surface area contributed by atoms with E-state index in [9.17, 15) is 32.5 Å². The van der Waals surface area contributed by atoms with Crippen molar-refractivity contribution in [1.29, 1.82) is 0 Å². The van der Waals surface area contributed by atoms with Crippen molar-refractivity contribution >= 4 is 8.17 Å². The van der Waals surface area contributed by atoms with Gasteiger partial charge in [0, 0.05) is 12.6 Å². The lowest BCUT2D eigenvalue weighted by molar-refractivity contribution is -0.139. The van der Waals surface area contributed by atoms with Crippen molar-refractivity contribution in [3.05, 3.63) is 32.6 Å². The van der Waals surface area contributed by atoms with Crippen LogP contribution in [0.2, 0.25) is 0 Å². The molecule has 24 heavy (non-hydrogen) atoms. The number of ether oxygens (including phenoxy) is 1. The van der Waals surface area contributed by atoms with Crippen LogP contribution in [0.15, 0.2) is 15.8 Å². The van der Waals surface area contributed by atoms with Crippen molar-refractivity contribution in [2.45, 2.75) is 31.0 Å². The number of rotatable bonds is 1. The number of H-pyrrole nitrogens is 1. The number of aromatic amines is 1. The molecule has 10 nitrogen and oxygen atoms in total. The molecular formula is C10H14F3N3O7P+. The first-order valence-electron chi connectivity index (χ1n) is 6.32. The van der Waals surface area contributed by atoms with Crippen LogP contribution in [-0.2, 0) is 20.0 Å². The van der Waals surface area contributed by atoms with E-state index < -0.39 is 49.6 Å². The molecule has 0 amide bonds. The van der Waals surface area contributed by atoms with Crippen molar-refractivity contribution in [1.82, 2.24) is 15.7 Å². The lowest BCUT2D eigenvalue weighted by Gasteiger charge is -2.23. The Balaban J connectivity index is 0.00000208. The monoisotopic (exact) mass is 376 g/mol. The van der Waals surface area contributed by atoms with Crippen LogP contribution in [0.1, 0.15) is 18.2 Å². The molecule has 0 saturated carbocycles. The largest absolute Gasteiger partial charge is 0.570 e. The van der Waals surface area contributed by atoms with E-state index in [4.69, 9.17) is 9.26 Å². The van der Waals surface area contributed by atoms with Gasteiger partial charge in [-0.1, -0.05) is 0 Å². The van der Waals surface area contributed by atoms with E-state index in [1.807, 2.05) is 0 Å². The number of aromatic nitrogens is 2. The lowest BCUT2D eigenvalue weighted by atomic mass is 10.2. The number of hydrogen-bond donors (Lipinski definition) is 4. The Morgan fingerprint density at radius 3 is 2.58 bits per heavy atom. The third-order valence-corrected chi connectivity index (χ3v) is 4.47. The second kappa shape index (κ2) is 6.19. The summed E-state index contributed by atoms with van der Waals surface area (Å²) in [7, 11) is -3.99. The fourth-order valence-electron chi connectivity index (χ4n) is 2.41. The molecule has 0 spiro atoms. The Labute approximate surface area is 132 Å². The molecule has 0 aliphatic carbocycles. The summed E-state index contributed by atoms with van der Waals surface area (Å²) in [5.74, 6) is 0. The van der Waals surface area contributed by atoms with Crippen LogP contribution in [0, 0.1) is 0 Å². The molecule has 2 aliphatic rings. The molecule has 2 fully saturated rings. The average molecular weight is 376 g/mol. The molecule has 136 valence electrons. The fraction of sp³-hybridized carbons (Fsp3) is 0.600. The van der Waals surface area contributed by atoms with Gasteiger partial charge in [-0.05, 0) is 0 Å². The Morgan fingerprint density at radius 1 is 1.29 bits per heavy atom. The molecule has 1 aromatic heterocycles. The Morgan fingerprint density at radius 2 is 1.96 bits per heavy atom. The van der Waals surface area contributed by atoms with Gasteiger partial charge in [0.1, 0.15) is 30.6 Å². The summed E-state index contributed by atoms with van der Waals surface area (Å²) in [6.45, 7) is -0.244. The van der Waals surface area contributed by atoms with Gasteiger partial charge in [0.2, 0.25) is 0 Å². The van der Waals surface area contributed by atoms with Crippen LogP contribution in [0.25, 0.3) is 0 Å². The number of fused-ring (bicyclic) bond motifs is 1. The zero-order valence-corrected chi connectivity index (χ0v) is 12.8. The van der Waals surface area contributed by atoms with Gasteiger partial charge >= 0.3 is 20.0 Å². The zero-order valence-electron chi connectivity index (χ0n) is 11.9. The van der Waals surface area contributed by atoms with Crippen LogP contribution >= 0.6 is 8.17 Å². The van der Waals surface area contributed by atoms with Crippen molar-refractivity contribution < 1.29 is 36.7 Å². The van der Waals surface area contributed by atoms with Crippen LogP contribution in [-0.4, -0.2) is 38.2 Å². The topological polar surface area (TPSA) is 158 Å². The molecule has 0 unspecified atom stereocenters. The zero-order chi connectivity index (χ0) is 17.0. The first kappa shape index (κ1) is 19.0. The van der Waals surface area contributed by atoms with Gasteiger partial charge in [-0.25, -0.2) is 4.79 Å². The van der Waals surface area contributed by atoms with Gasteiger partial charge in [-0.15, -0.1) is 4.52 Å². The second-order valence-corrected chi connectivity index (χ2v) is 6.45. The molecule has 6 N–H and O–H groups in total. The third kappa shape index (κ3) is 3.52. The standard InChI is InChI=1S/C10H10F3N2O7P.H3N/c11-10(12,13)4-2-15(9(17)14-8(4)16)7-1-5-6(21-7)3-20-23(18,19)22-5;/h2,5-7,18-19H,1,3H2;1H3/p+1/t5-,6+,7+;/m0./s1. The minimum Gasteiger partial charge on any atom is -0.349 e. The van der Waals surface area contributed by atoms with E-state index in [0.29, 0.717) is 10.8 Å². The van der Waals surface area contributed by atoms with E-state index in [2.05, 4.69) is 4.52 Å². The van der Waals surface area contributed by atoms with Crippen molar-refractivity contribution in [3.8, 4) is 0 Å². The molecule has 14 heteroatoms. The highest BCUT2D eigenvalue weighted by atomic mass is 31.2. The number of halogens is 3. The van der Waals surface area contributed by atoms with Crippen molar-refractivity contribution in [2.75, 3.05) is 6.61 Å². The number of alkyl halides is 3. The maximum absolute atomic E-state index is 12.8. The molecule has 0 bridgehead atoms. The van der Waals surface area contributed by atoms with E-state index in [0.717, 1.165) is 0 Å². The Kier molecular flexibility index (Phi) is 4.89. The summed E-state index contributed by atoms with van der Waals surface area (Å²) < 4.78 is 53.7. The van der Waals surface area contributed by atoms with E-state index in [1.165, 1.54) is 0 Å². The minimum absolute atomic E-state index is 0. The molecule has 3 heterocycles. The molecule has 2 aliphatic heterocycles. The van der Waals surface area contributed by atoms with Crippen LogP contribution < -0.4 is 17.4 Å². The normalized spacial score (nSPS) is 29.0. The summed E-state index contributed by atoms with van der Waals surface area (Å²) in [4.78, 5) is 43.2. The molecular weight excluding hydrogens is 362 g/mol. The second-order valence-electron chi connectivity index (χ2n) is 5.00. The van der Waals surface area contributed by atoms with Gasteiger partial charge < -0.3 is 10.9 Å². The van der Waals surface area contributed by atoms with Gasteiger partial charge in [-0.3, -0.25) is 14.3 Å². The molecule has 3 rings (SSSR count). The van der Waals surface area contributed by atoms with Crippen LogP contribution in [0.4, 0.5) is 13.2 Å². The quantitative estimate of drug-likeness (QED) is 0.502. The highest BCUT2D eigenvalue weighted by molar-refractivity contribution is 7.54. The lowest BCUT2D eigenvalue weighted by Crippen LogP contribution is -2.36. The Bertz CT molecular complexity index is 734. The van der Waals surface area contributed by atoms with E-state index in [-0.39, 0.29) is 19.2 Å². The predicted octanol–water partition coefficient (Wildman–Crippen LogP) is 0.0825. The molecule has 2 saturated heterocycles. The molecule has 0 aromatic carbocycles. The molecule has 3 atom stereocenters. The Hall–Kier alpha value is -1.34. The van der Waals surface area contributed by atoms with E-state index >= 15 is 0 Å². The number of nitrogens with zero attached hydrogens (tertiary/aromatic N) is 1. The summed E-state index contributed by atoms with van der Waals surface area (Å²) >= 11 is 0. The van der Waals surface area contributed by atoms with Gasteiger partial charge in [0.15, 0.2) is 0 Å². The summed E-state index contributed by atoms with van der Waals surface area (Å²) in [5.41, 5.74) is -4.18. The number of hydrogen-bond acceptors (Lipinski definition) is 8. The maximum Gasteiger partial charge on any atom is 0.570 e. The van der Waals surface area contributed by atoms with Gasteiger partial charge in [-0.2, -0.15) is 27.5 Å². The summed E-state index contributed by atoms with van der Waals surface area (Å²) in [6, 6.07) is 0. The first-order valence-corrected chi connectivity index (χ1v) is 7.85. The summed E-state index contributed by atoms with van der Waals surface area (Å²) in [6.07, 6.45) is -7.49. The van der Waals surface area contributed by atoms with E-state index in [1.54, 1.807) is 4.98 Å². The van der Waals surface area contributed by atoms with Gasteiger partial charge in [0.25, 0.3) is 5.56 Å². The average Bonchev–Trinajstić information content (AvgIpc) is 2.78. The molecule has 0 radical (unpaired) electrons. The maximum atomic E-state index is 12.8. The minimum atomic E-state index is -4.94. The highest BCUT2D eigenvalue weighted by Gasteiger charge is 2.55. The fourth-order valence-corrected chi connectivity index (χ4v) is 3.39. The smallest absolute Gasteiger partial charge is 0.349 e. The highest BCUT2D eigenvalue weighted by Crippen LogP contribution is 2.58. The first-order chi connectivity index (χ1) is 10.6. The predicted molar refractivity (Wildman–Crippen MR) is 72.1 cm³/mol. The van der Waals surface area contributed by atoms with Crippen LogP contribution in [0.3, 0.4) is 0 Å². The van der Waals surface area contributed by atoms with Crippen molar-refractivity contribution in [3.63, 3.8) is 0 Å². The number of nitrogens with one attached hydrogen (secondary N) is 1. The van der Waals surface area contributed by atoms with Gasteiger partial charge in [0.05, 0.1) is 0 Å². The molecule has 1 aromatic rings.